The lowest BCUT2D eigenvalue weighted by Gasteiger charge is -2.16. The van der Waals surface area contributed by atoms with Crippen LogP contribution in [0.1, 0.15) is 12.8 Å². The highest BCUT2D eigenvalue weighted by Gasteiger charge is 2.13. The predicted molar refractivity (Wildman–Crippen MR) is 56.8 cm³/mol. The molecule has 0 spiro atoms. The highest BCUT2D eigenvalue weighted by atomic mass is 28.3. The molecule has 0 aliphatic heterocycles. The molecule has 0 amide bonds. The quantitative estimate of drug-likeness (QED) is 0.540. The fourth-order valence-corrected chi connectivity index (χ4v) is 2.73. The molecule has 0 fully saturated rings. The summed E-state index contributed by atoms with van der Waals surface area (Å²) in [7, 11) is 2.03. The minimum Gasteiger partial charge on any atom is -0.400 e. The molecule has 13 heavy (non-hydrogen) atoms. The van der Waals surface area contributed by atoms with Gasteiger partial charge in [0, 0.05) is 14.2 Å². The van der Waals surface area contributed by atoms with E-state index in [1.807, 2.05) is 0 Å². The summed E-state index contributed by atoms with van der Waals surface area (Å²) in [6.45, 7) is 1.43. The van der Waals surface area contributed by atoms with Crippen LogP contribution < -0.4 is 11.5 Å². The van der Waals surface area contributed by atoms with Crippen LogP contribution in [0, 0.1) is 5.92 Å². The molecule has 0 aromatic carbocycles. The molecule has 4 N–H and O–H groups in total. The molecule has 0 aliphatic carbocycles. The lowest BCUT2D eigenvalue weighted by Crippen LogP contribution is -2.23. The molecule has 0 saturated heterocycles. The number of rotatable bonds is 8. The molecule has 80 valence electrons. The van der Waals surface area contributed by atoms with Gasteiger partial charge in [-0.25, -0.2) is 0 Å². The van der Waals surface area contributed by atoms with Crippen LogP contribution in [0.2, 0.25) is 6.04 Å². The van der Waals surface area contributed by atoms with Gasteiger partial charge in [-0.2, -0.15) is 0 Å². The van der Waals surface area contributed by atoms with Crippen LogP contribution in [0.3, 0.4) is 0 Å². The van der Waals surface area contributed by atoms with Crippen LogP contribution in [-0.4, -0.2) is 36.6 Å². The number of hydrogen-bond donors (Lipinski definition) is 2. The van der Waals surface area contributed by atoms with Crippen molar-refractivity contribution in [3.63, 3.8) is 0 Å². The van der Waals surface area contributed by atoms with Gasteiger partial charge in [0.2, 0.25) is 0 Å². The van der Waals surface area contributed by atoms with Crippen molar-refractivity contribution in [1.82, 2.24) is 0 Å². The molecule has 0 aromatic heterocycles. The van der Waals surface area contributed by atoms with Crippen molar-refractivity contribution in [3.05, 3.63) is 0 Å². The Morgan fingerprint density at radius 2 is 1.77 bits per heavy atom. The van der Waals surface area contributed by atoms with Gasteiger partial charge in [0.1, 0.15) is 0 Å². The van der Waals surface area contributed by atoms with Gasteiger partial charge in [0.15, 0.2) is 0 Å². The van der Waals surface area contributed by atoms with E-state index >= 15 is 0 Å². The molecule has 1 atom stereocenters. The first kappa shape index (κ1) is 13.1. The summed E-state index contributed by atoms with van der Waals surface area (Å²) in [6.07, 6.45) is 2.08. The van der Waals surface area contributed by atoms with E-state index in [0.717, 1.165) is 18.9 Å². The maximum absolute atomic E-state index is 5.61. The van der Waals surface area contributed by atoms with Gasteiger partial charge in [0.05, 0.1) is 0 Å². The number of nitrogens with two attached hydrogens (primary N) is 2. The van der Waals surface area contributed by atoms with E-state index in [2.05, 4.69) is 0 Å². The van der Waals surface area contributed by atoms with E-state index in [0.29, 0.717) is 19.0 Å². The minimum absolute atomic E-state index is 0.533. The van der Waals surface area contributed by atoms with Gasteiger partial charge in [0.25, 0.3) is 0 Å². The van der Waals surface area contributed by atoms with Crippen LogP contribution in [0.4, 0.5) is 0 Å². The summed E-state index contributed by atoms with van der Waals surface area (Å²) in [5.74, 6) is 0.533. The van der Waals surface area contributed by atoms with E-state index < -0.39 is 9.28 Å². The van der Waals surface area contributed by atoms with Crippen molar-refractivity contribution < 1.29 is 8.85 Å². The van der Waals surface area contributed by atoms with Gasteiger partial charge in [-0.15, -0.1) is 0 Å². The van der Waals surface area contributed by atoms with Gasteiger partial charge in [-0.1, -0.05) is 0 Å². The van der Waals surface area contributed by atoms with E-state index in [9.17, 15) is 0 Å². The van der Waals surface area contributed by atoms with E-state index in [1.54, 1.807) is 14.2 Å². The Balaban J connectivity index is 3.56. The average Bonchev–Trinajstić information content (AvgIpc) is 2.17. The molecule has 1 unspecified atom stereocenters. The largest absolute Gasteiger partial charge is 0.400 e. The second-order valence-corrected chi connectivity index (χ2v) is 5.54. The summed E-state index contributed by atoms with van der Waals surface area (Å²) in [5.41, 5.74) is 11.1. The Hall–Kier alpha value is 0.0569. The molecule has 0 radical (unpaired) electrons. The third-order valence-electron chi connectivity index (χ3n) is 2.24. The van der Waals surface area contributed by atoms with Crippen LogP contribution in [0.15, 0.2) is 0 Å². The Bertz CT molecular complexity index is 112. The Morgan fingerprint density at radius 1 is 1.15 bits per heavy atom. The van der Waals surface area contributed by atoms with E-state index in [-0.39, 0.29) is 0 Å². The molecule has 0 bridgehead atoms. The number of hydrogen-bond acceptors (Lipinski definition) is 4. The van der Waals surface area contributed by atoms with Gasteiger partial charge >= 0.3 is 9.28 Å². The van der Waals surface area contributed by atoms with E-state index in [4.69, 9.17) is 20.3 Å². The third-order valence-corrected chi connectivity index (χ3v) is 4.10. The topological polar surface area (TPSA) is 70.5 Å². The molecular formula is C8H22N2O2Si. The molecule has 4 nitrogen and oxygen atoms in total. The van der Waals surface area contributed by atoms with Gasteiger partial charge in [-0.3, -0.25) is 0 Å². The first-order valence-electron chi connectivity index (χ1n) is 4.74. The maximum Gasteiger partial charge on any atom is 0.320 e. The second kappa shape index (κ2) is 8.65. The van der Waals surface area contributed by atoms with Crippen molar-refractivity contribution in [1.29, 1.82) is 0 Å². The van der Waals surface area contributed by atoms with Gasteiger partial charge < -0.3 is 20.3 Å². The Morgan fingerprint density at radius 3 is 2.15 bits per heavy atom. The molecule has 0 rings (SSSR count). The van der Waals surface area contributed by atoms with Crippen molar-refractivity contribution >= 4 is 9.28 Å². The summed E-state index contributed by atoms with van der Waals surface area (Å²) < 4.78 is 10.4. The highest BCUT2D eigenvalue weighted by Crippen LogP contribution is 2.11. The molecule has 0 aliphatic rings. The standard InChI is InChI=1S/C8H22N2O2Si/c1-11-13(12-2)6-4-8(7-10)3-5-9/h8,13H,3-7,9-10H2,1-2H3. The van der Waals surface area contributed by atoms with Crippen molar-refractivity contribution in [2.24, 2.45) is 17.4 Å². The van der Waals surface area contributed by atoms with Crippen LogP contribution in [0.25, 0.3) is 0 Å². The predicted octanol–water partition coefficient (Wildman–Crippen LogP) is -0.186. The smallest absolute Gasteiger partial charge is 0.320 e. The SMILES string of the molecule is CO[SiH](CCC(CN)CCN)OC. The molecule has 0 saturated carbocycles. The van der Waals surface area contributed by atoms with Crippen LogP contribution in [-0.2, 0) is 8.85 Å². The van der Waals surface area contributed by atoms with Crippen molar-refractivity contribution in [3.8, 4) is 0 Å². The second-order valence-electron chi connectivity index (χ2n) is 3.16. The summed E-state index contributed by atoms with van der Waals surface area (Å²) in [6, 6.07) is 1.02. The fraction of sp³-hybridized carbons (Fsp3) is 1.00. The summed E-state index contributed by atoms with van der Waals surface area (Å²) in [5, 5.41) is 0. The molecule has 5 heteroatoms. The zero-order valence-corrected chi connectivity index (χ0v) is 9.82. The lowest BCUT2D eigenvalue weighted by molar-refractivity contribution is 0.273. The zero-order chi connectivity index (χ0) is 10.1. The average molecular weight is 206 g/mol. The van der Waals surface area contributed by atoms with Crippen molar-refractivity contribution in [2.45, 2.75) is 18.9 Å². The van der Waals surface area contributed by atoms with Crippen molar-refractivity contribution in [2.75, 3.05) is 27.3 Å². The highest BCUT2D eigenvalue weighted by molar-refractivity contribution is 6.44. The molecular weight excluding hydrogens is 184 g/mol. The Kier molecular flexibility index (Phi) is 8.68. The first-order valence-corrected chi connectivity index (χ1v) is 6.50. The van der Waals surface area contributed by atoms with Gasteiger partial charge in [-0.05, 0) is 37.9 Å². The fourth-order valence-electron chi connectivity index (χ4n) is 1.32. The Labute approximate surface area is 82.4 Å². The molecule has 0 aromatic rings. The maximum atomic E-state index is 5.61. The van der Waals surface area contributed by atoms with E-state index in [1.165, 1.54) is 0 Å². The molecule has 0 heterocycles. The lowest BCUT2D eigenvalue weighted by atomic mass is 10.0. The van der Waals surface area contributed by atoms with Crippen LogP contribution >= 0.6 is 0 Å². The third kappa shape index (κ3) is 6.17. The zero-order valence-electron chi connectivity index (χ0n) is 8.66. The monoisotopic (exact) mass is 206 g/mol. The first-order chi connectivity index (χ1) is 6.28. The summed E-state index contributed by atoms with van der Waals surface area (Å²) >= 11 is 0. The minimum atomic E-state index is -1.38. The summed E-state index contributed by atoms with van der Waals surface area (Å²) in [4.78, 5) is 0. The van der Waals surface area contributed by atoms with Crippen LogP contribution in [0.5, 0.6) is 0 Å². The normalized spacial score (nSPS) is 13.6.